The van der Waals surface area contributed by atoms with Crippen molar-refractivity contribution in [2.24, 2.45) is 11.6 Å². The second-order valence-electron chi connectivity index (χ2n) is 3.34. The van der Waals surface area contributed by atoms with Crippen molar-refractivity contribution in [3.8, 4) is 0 Å². The van der Waals surface area contributed by atoms with E-state index in [-0.39, 0.29) is 32.7 Å². The molecule has 17 heavy (non-hydrogen) atoms. The first-order chi connectivity index (χ1) is 7.72. The third-order valence-corrected chi connectivity index (χ3v) is 2.25. The molecule has 93 valence electrons. The summed E-state index contributed by atoms with van der Waals surface area (Å²) in [5.74, 6) is 4.97. The number of benzene rings is 1. The SMILES string of the molecule is COC(c1ccc(N[N-]N)cc1)C(N)CF.[Y]. The van der Waals surface area contributed by atoms with Crippen molar-refractivity contribution in [3.05, 3.63) is 35.4 Å². The number of nitrogens with two attached hydrogens (primary N) is 2. The molecule has 2 unspecified atom stereocenters. The monoisotopic (exact) mass is 316 g/mol. The number of hydrogen-bond acceptors (Lipinski definition) is 4. The van der Waals surface area contributed by atoms with E-state index in [1.165, 1.54) is 7.11 Å². The number of rotatable bonds is 6. The van der Waals surface area contributed by atoms with Crippen molar-refractivity contribution in [2.75, 3.05) is 19.2 Å². The maximum atomic E-state index is 12.5. The molecule has 0 aliphatic carbocycles. The molecule has 1 rings (SSSR count). The van der Waals surface area contributed by atoms with Crippen LogP contribution in [-0.2, 0) is 37.4 Å². The van der Waals surface area contributed by atoms with Crippen LogP contribution in [0.25, 0.3) is 5.53 Å². The van der Waals surface area contributed by atoms with Crippen LogP contribution in [0, 0.1) is 0 Å². The zero-order valence-corrected chi connectivity index (χ0v) is 12.5. The minimum atomic E-state index is -0.664. The van der Waals surface area contributed by atoms with Crippen molar-refractivity contribution < 1.29 is 41.8 Å². The Morgan fingerprint density at radius 3 is 2.41 bits per heavy atom. The van der Waals surface area contributed by atoms with Crippen LogP contribution in [0.4, 0.5) is 10.1 Å². The molecule has 0 spiro atoms. The van der Waals surface area contributed by atoms with E-state index < -0.39 is 18.8 Å². The van der Waals surface area contributed by atoms with E-state index >= 15 is 0 Å². The van der Waals surface area contributed by atoms with E-state index in [9.17, 15) is 4.39 Å². The second-order valence-corrected chi connectivity index (χ2v) is 3.34. The number of anilines is 1. The van der Waals surface area contributed by atoms with E-state index in [1.54, 1.807) is 24.3 Å². The maximum absolute atomic E-state index is 12.5. The Morgan fingerprint density at radius 1 is 1.41 bits per heavy atom. The minimum absolute atomic E-state index is 0. The van der Waals surface area contributed by atoms with Gasteiger partial charge in [0.2, 0.25) is 0 Å². The van der Waals surface area contributed by atoms with Gasteiger partial charge in [-0.3, -0.25) is 0 Å². The van der Waals surface area contributed by atoms with Crippen LogP contribution in [-0.4, -0.2) is 19.8 Å². The first-order valence-corrected chi connectivity index (χ1v) is 4.83. The fourth-order valence-electron chi connectivity index (χ4n) is 1.46. The Kier molecular flexibility index (Phi) is 8.85. The van der Waals surface area contributed by atoms with E-state index in [0.717, 1.165) is 11.3 Å². The molecule has 0 aromatic heterocycles. The first kappa shape index (κ1) is 16.9. The van der Waals surface area contributed by atoms with Crippen molar-refractivity contribution in [1.29, 1.82) is 0 Å². The van der Waals surface area contributed by atoms with Gasteiger partial charge in [0.1, 0.15) is 6.67 Å². The smallest absolute Gasteiger partial charge is 0.107 e. The van der Waals surface area contributed by atoms with E-state index in [0.29, 0.717) is 0 Å². The predicted octanol–water partition coefficient (Wildman–Crippen LogP) is 1.24. The van der Waals surface area contributed by atoms with Crippen molar-refractivity contribution in [3.63, 3.8) is 0 Å². The molecule has 0 fully saturated rings. The Labute approximate surface area is 125 Å². The molecule has 0 aliphatic rings. The van der Waals surface area contributed by atoms with Crippen LogP contribution < -0.4 is 17.0 Å². The molecule has 7 heteroatoms. The quantitative estimate of drug-likeness (QED) is 0.544. The summed E-state index contributed by atoms with van der Waals surface area (Å²) in [6.07, 6.45) is -0.450. The maximum Gasteiger partial charge on any atom is 0.107 e. The molecule has 5 nitrogen and oxygen atoms in total. The van der Waals surface area contributed by atoms with E-state index in [4.69, 9.17) is 16.3 Å². The average molecular weight is 316 g/mol. The number of methoxy groups -OCH3 is 1. The first-order valence-electron chi connectivity index (χ1n) is 4.83. The molecule has 1 aromatic rings. The second kappa shape index (κ2) is 8.91. The summed E-state index contributed by atoms with van der Waals surface area (Å²) < 4.78 is 17.6. The van der Waals surface area contributed by atoms with Gasteiger partial charge in [-0.05, 0) is 17.7 Å². The summed E-state index contributed by atoms with van der Waals surface area (Å²) in [7, 11) is 1.50. The number of ether oxygens (including phenoxy) is 1. The molecule has 0 saturated heterocycles. The third-order valence-electron chi connectivity index (χ3n) is 2.25. The molecule has 0 amide bonds. The standard InChI is InChI=1S/C10H16FN4O.Y/c1-16-10(9(12)6-11)7-2-4-8(5-3-7)14-15-13;/h2-5,9-10,14H,6,12-13H2,1H3;/q-1;. The minimum Gasteiger partial charge on any atom is -0.509 e. The fraction of sp³-hybridized carbons (Fsp3) is 0.400. The summed E-state index contributed by atoms with van der Waals surface area (Å²) in [5, 5.41) is 0. The summed E-state index contributed by atoms with van der Waals surface area (Å²) >= 11 is 0. The third kappa shape index (κ3) is 4.95. The summed E-state index contributed by atoms with van der Waals surface area (Å²) in [6.45, 7) is -0.628. The zero-order chi connectivity index (χ0) is 12.0. The Hall–Kier alpha value is -0.106. The molecular formula is C10H16FN4OY-. The van der Waals surface area contributed by atoms with Gasteiger partial charge < -0.3 is 27.3 Å². The van der Waals surface area contributed by atoms with Gasteiger partial charge in [0.05, 0.1) is 12.1 Å². The number of nitrogens with zero attached hydrogens (tertiary/aromatic N) is 1. The van der Waals surface area contributed by atoms with Gasteiger partial charge in [0.25, 0.3) is 0 Å². The van der Waals surface area contributed by atoms with Gasteiger partial charge in [-0.25, -0.2) is 4.39 Å². The fourth-order valence-corrected chi connectivity index (χ4v) is 1.46. The average Bonchev–Trinajstić information content (AvgIpc) is 2.32. The Morgan fingerprint density at radius 2 is 2.00 bits per heavy atom. The molecule has 0 heterocycles. The van der Waals surface area contributed by atoms with E-state index in [1.807, 2.05) is 0 Å². The van der Waals surface area contributed by atoms with Crippen LogP contribution in [0.5, 0.6) is 0 Å². The number of hydrogen-bond donors (Lipinski definition) is 3. The number of nitrogens with one attached hydrogen (secondary N) is 1. The molecular weight excluding hydrogens is 300 g/mol. The zero-order valence-electron chi connectivity index (χ0n) is 9.64. The van der Waals surface area contributed by atoms with Crippen LogP contribution in [0.1, 0.15) is 11.7 Å². The van der Waals surface area contributed by atoms with Gasteiger partial charge in [0.15, 0.2) is 0 Å². The normalized spacial score (nSPS) is 13.6. The van der Waals surface area contributed by atoms with Crippen molar-refractivity contribution >= 4 is 5.69 Å². The summed E-state index contributed by atoms with van der Waals surface area (Å²) in [6, 6.07) is 6.45. The number of alkyl halides is 1. The van der Waals surface area contributed by atoms with Gasteiger partial charge in [-0.2, -0.15) is 0 Å². The van der Waals surface area contributed by atoms with Crippen LogP contribution in [0.3, 0.4) is 0 Å². The predicted molar refractivity (Wildman–Crippen MR) is 61.3 cm³/mol. The van der Waals surface area contributed by atoms with Crippen LogP contribution in [0.15, 0.2) is 24.3 Å². The van der Waals surface area contributed by atoms with Gasteiger partial charge in [0, 0.05) is 45.5 Å². The summed E-state index contributed by atoms with van der Waals surface area (Å²) in [5.41, 5.74) is 13.0. The molecule has 1 radical (unpaired) electrons. The summed E-state index contributed by atoms with van der Waals surface area (Å²) in [4.78, 5) is 0. The topological polar surface area (TPSA) is 87.4 Å². The molecule has 2 atom stereocenters. The largest absolute Gasteiger partial charge is 0.509 e. The molecule has 0 saturated carbocycles. The molecule has 1 aromatic carbocycles. The Bertz CT molecular complexity index is 312. The van der Waals surface area contributed by atoms with Crippen LogP contribution >= 0.6 is 0 Å². The van der Waals surface area contributed by atoms with Crippen molar-refractivity contribution in [1.82, 2.24) is 0 Å². The molecule has 0 aliphatic heterocycles. The van der Waals surface area contributed by atoms with Gasteiger partial charge in [-0.15, -0.1) is 0 Å². The van der Waals surface area contributed by atoms with Gasteiger partial charge in [-0.1, -0.05) is 12.1 Å². The number of halogens is 1. The van der Waals surface area contributed by atoms with Crippen LogP contribution in [0.2, 0.25) is 0 Å². The molecule has 0 bridgehead atoms. The van der Waals surface area contributed by atoms with E-state index in [2.05, 4.69) is 11.0 Å². The molecule has 5 N–H and O–H groups in total. The van der Waals surface area contributed by atoms with Gasteiger partial charge >= 0.3 is 0 Å². The Balaban J connectivity index is 0.00000256. The van der Waals surface area contributed by atoms with Crippen molar-refractivity contribution in [2.45, 2.75) is 12.1 Å².